The summed E-state index contributed by atoms with van der Waals surface area (Å²) in [6, 6.07) is 0. The second-order valence-corrected chi connectivity index (χ2v) is 12.2. The Bertz CT molecular complexity index is 665. The third kappa shape index (κ3) is 3.41. The summed E-state index contributed by atoms with van der Waals surface area (Å²) in [6.45, 7) is 14.8. The van der Waals surface area contributed by atoms with Gasteiger partial charge in [-0.2, -0.15) is 0 Å². The first-order valence-electron chi connectivity index (χ1n) is 12.7. The second kappa shape index (κ2) is 7.72. The summed E-state index contributed by atoms with van der Waals surface area (Å²) in [7, 11) is 0. The topological polar surface area (TPSA) is 29.1 Å². The fraction of sp³-hybridized carbons (Fsp3) is 0.889. The third-order valence-electron chi connectivity index (χ3n) is 10.4. The fourth-order valence-electron chi connectivity index (χ4n) is 8.57. The quantitative estimate of drug-likeness (QED) is 0.532. The minimum absolute atomic E-state index is 0.180. The lowest BCUT2D eigenvalue weighted by molar-refractivity contribution is -0.128. The van der Waals surface area contributed by atoms with Gasteiger partial charge in [-0.3, -0.25) is 4.79 Å². The van der Waals surface area contributed by atoms with Crippen LogP contribution in [0.1, 0.15) is 99.3 Å². The third-order valence-corrected chi connectivity index (χ3v) is 10.4. The Hall–Kier alpha value is -0.790. The predicted octanol–water partition coefficient (Wildman–Crippen LogP) is 6.96. The van der Waals surface area contributed by atoms with Gasteiger partial charge in [-0.1, -0.05) is 66.9 Å². The van der Waals surface area contributed by atoms with E-state index in [1.54, 1.807) is 0 Å². The number of hydrogen-bond donors (Lipinski definition) is 1. The van der Waals surface area contributed by atoms with Crippen LogP contribution in [0.5, 0.6) is 0 Å². The van der Waals surface area contributed by atoms with Gasteiger partial charge in [0.1, 0.15) is 0 Å². The number of nitrogens with one attached hydrogen (secondary N) is 1. The van der Waals surface area contributed by atoms with E-state index in [-0.39, 0.29) is 11.3 Å². The Balaban J connectivity index is 1.52. The maximum atomic E-state index is 12.2. The summed E-state index contributed by atoms with van der Waals surface area (Å²) in [5.74, 6) is 5.80. The van der Waals surface area contributed by atoms with Gasteiger partial charge in [-0.15, -0.1) is 0 Å². The van der Waals surface area contributed by atoms with E-state index in [1.807, 2.05) is 0 Å². The molecule has 0 radical (unpaired) electrons. The number of rotatable bonds is 5. The molecule has 1 amide bonds. The largest absolute Gasteiger partial charge is 0.330 e. The Morgan fingerprint density at radius 3 is 2.59 bits per heavy atom. The number of carbonyl (C=O) groups is 1. The molecule has 1 N–H and O–H groups in total. The van der Waals surface area contributed by atoms with Gasteiger partial charge in [0.05, 0.1) is 0 Å². The van der Waals surface area contributed by atoms with Crippen molar-refractivity contribution < 1.29 is 4.79 Å². The smallest absolute Gasteiger partial charge is 0.224 e. The summed E-state index contributed by atoms with van der Waals surface area (Å²) >= 11 is 0. The number of fused-ring (bicyclic) bond motifs is 5. The Labute approximate surface area is 179 Å². The number of carbonyl (C=O) groups excluding carboxylic acids is 1. The van der Waals surface area contributed by atoms with Crippen LogP contribution in [0.4, 0.5) is 0 Å². The van der Waals surface area contributed by atoms with E-state index in [4.69, 9.17) is 0 Å². The van der Waals surface area contributed by atoms with E-state index in [2.05, 4.69) is 52.9 Å². The van der Waals surface area contributed by atoms with Gasteiger partial charge < -0.3 is 5.32 Å². The molecule has 0 bridgehead atoms. The summed E-state index contributed by atoms with van der Waals surface area (Å²) in [4.78, 5) is 12.2. The van der Waals surface area contributed by atoms with Crippen molar-refractivity contribution in [2.45, 2.75) is 99.3 Å². The molecule has 4 rings (SSSR count). The first-order chi connectivity index (χ1) is 13.7. The van der Waals surface area contributed by atoms with Crippen molar-refractivity contribution in [2.75, 3.05) is 0 Å². The molecule has 164 valence electrons. The molecule has 8 atom stereocenters. The van der Waals surface area contributed by atoms with Crippen molar-refractivity contribution in [3.05, 3.63) is 11.8 Å². The van der Waals surface area contributed by atoms with Crippen molar-refractivity contribution in [1.29, 1.82) is 0 Å². The maximum Gasteiger partial charge on any atom is 0.224 e. The van der Waals surface area contributed by atoms with Gasteiger partial charge in [0, 0.05) is 17.5 Å². The molecule has 0 aromatic carbocycles. The van der Waals surface area contributed by atoms with Crippen molar-refractivity contribution in [3.63, 3.8) is 0 Å². The molecule has 1 heterocycles. The molecule has 2 saturated carbocycles. The minimum atomic E-state index is 0.180. The molecule has 2 heteroatoms. The number of amides is 1. The highest BCUT2D eigenvalue weighted by Gasteiger charge is 2.60. The lowest BCUT2D eigenvalue weighted by atomic mass is 9.47. The van der Waals surface area contributed by atoms with Crippen LogP contribution in [0.2, 0.25) is 0 Å². The molecule has 1 aliphatic heterocycles. The van der Waals surface area contributed by atoms with Gasteiger partial charge >= 0.3 is 0 Å². The summed E-state index contributed by atoms with van der Waals surface area (Å²) < 4.78 is 0. The van der Waals surface area contributed by atoms with Crippen molar-refractivity contribution in [1.82, 2.24) is 5.32 Å². The Morgan fingerprint density at radius 1 is 1.10 bits per heavy atom. The summed E-state index contributed by atoms with van der Waals surface area (Å²) in [5.41, 5.74) is 1.99. The average molecular weight is 400 g/mol. The molecule has 29 heavy (non-hydrogen) atoms. The molecule has 0 aromatic heterocycles. The van der Waals surface area contributed by atoms with Crippen LogP contribution in [0.3, 0.4) is 0 Å². The number of piperidine rings is 1. The van der Waals surface area contributed by atoms with Gasteiger partial charge in [0.2, 0.25) is 5.91 Å². The Kier molecular flexibility index (Phi) is 5.71. The van der Waals surface area contributed by atoms with Crippen LogP contribution in [-0.4, -0.2) is 5.91 Å². The van der Waals surface area contributed by atoms with Gasteiger partial charge in [0.15, 0.2) is 0 Å². The SMILES string of the molecule is CC(C)CCC[C@@H](C)[C@H]1CC[C@H]2[C@@H]3CC=C4NC(=O)CC(C)[C@]4(C)[C@H]3CC[C@]12C. The lowest BCUT2D eigenvalue weighted by Crippen LogP contribution is -2.56. The van der Waals surface area contributed by atoms with E-state index in [1.165, 1.54) is 57.1 Å². The normalized spacial score (nSPS) is 45.1. The standard InChI is InChI=1S/C27H45NO/c1-17(2)8-7-9-18(3)21-11-12-22-20-10-13-24-27(6,19(4)16-25(29)28-24)23(20)14-15-26(21,22)5/h13,17-23H,7-12,14-16H2,1-6H3,(H,28,29)/t18-,19?,20+,21-,22+,23+,26-,27-/m1/s1. The van der Waals surface area contributed by atoms with E-state index >= 15 is 0 Å². The monoisotopic (exact) mass is 399 g/mol. The summed E-state index contributed by atoms with van der Waals surface area (Å²) in [6.07, 6.45) is 14.2. The van der Waals surface area contributed by atoms with Crippen LogP contribution in [0, 0.1) is 52.3 Å². The zero-order chi connectivity index (χ0) is 21.0. The Morgan fingerprint density at radius 2 is 1.86 bits per heavy atom. The molecular formula is C27H45NO. The van der Waals surface area contributed by atoms with Crippen molar-refractivity contribution >= 4 is 5.91 Å². The highest BCUT2D eigenvalue weighted by Crippen LogP contribution is 2.67. The average Bonchev–Trinajstić information content (AvgIpc) is 3.00. The van der Waals surface area contributed by atoms with Gasteiger partial charge in [-0.05, 0) is 78.9 Å². The van der Waals surface area contributed by atoms with Crippen molar-refractivity contribution in [3.8, 4) is 0 Å². The molecule has 2 nitrogen and oxygen atoms in total. The molecule has 1 unspecified atom stereocenters. The lowest BCUT2D eigenvalue weighted by Gasteiger charge is -2.59. The van der Waals surface area contributed by atoms with E-state index < -0.39 is 0 Å². The molecule has 0 aromatic rings. The molecule has 3 aliphatic carbocycles. The minimum Gasteiger partial charge on any atom is -0.330 e. The van der Waals surface area contributed by atoms with E-state index in [0.717, 1.165) is 35.5 Å². The first-order valence-corrected chi connectivity index (χ1v) is 12.7. The first kappa shape index (κ1) is 21.4. The molecule has 4 aliphatic rings. The number of hydrogen-bond acceptors (Lipinski definition) is 1. The molecular weight excluding hydrogens is 354 g/mol. The van der Waals surface area contributed by atoms with Crippen molar-refractivity contribution in [2.24, 2.45) is 52.3 Å². The predicted molar refractivity (Wildman–Crippen MR) is 121 cm³/mol. The highest BCUT2D eigenvalue weighted by molar-refractivity contribution is 5.80. The van der Waals surface area contributed by atoms with Crippen LogP contribution < -0.4 is 5.32 Å². The van der Waals surface area contributed by atoms with E-state index in [0.29, 0.717) is 17.8 Å². The summed E-state index contributed by atoms with van der Waals surface area (Å²) in [5, 5.41) is 3.27. The fourth-order valence-corrected chi connectivity index (χ4v) is 8.57. The van der Waals surface area contributed by atoms with Crippen LogP contribution in [-0.2, 0) is 4.79 Å². The molecule has 3 fully saturated rings. The zero-order valence-corrected chi connectivity index (χ0v) is 19.9. The highest BCUT2D eigenvalue weighted by atomic mass is 16.1. The number of allylic oxidation sites excluding steroid dienone is 2. The van der Waals surface area contributed by atoms with Crippen LogP contribution in [0.25, 0.3) is 0 Å². The van der Waals surface area contributed by atoms with Crippen LogP contribution >= 0.6 is 0 Å². The van der Waals surface area contributed by atoms with Gasteiger partial charge in [-0.25, -0.2) is 0 Å². The van der Waals surface area contributed by atoms with Gasteiger partial charge in [0.25, 0.3) is 0 Å². The van der Waals surface area contributed by atoms with E-state index in [9.17, 15) is 4.79 Å². The molecule has 1 saturated heterocycles. The second-order valence-electron chi connectivity index (χ2n) is 12.2. The van der Waals surface area contributed by atoms with Crippen LogP contribution in [0.15, 0.2) is 11.8 Å². The molecule has 0 spiro atoms. The maximum absolute atomic E-state index is 12.2. The zero-order valence-electron chi connectivity index (χ0n) is 19.9.